The third-order valence-electron chi connectivity index (χ3n) is 5.53. The molecule has 2 aliphatic heterocycles. The first-order valence-corrected chi connectivity index (χ1v) is 9.56. The number of carbonyl (C=O) groups excluding carboxylic acids is 1. The van der Waals surface area contributed by atoms with Crippen LogP contribution in [0.5, 0.6) is 17.2 Å². The Bertz CT molecular complexity index is 816. The van der Waals surface area contributed by atoms with Gasteiger partial charge in [-0.2, -0.15) is 0 Å². The van der Waals surface area contributed by atoms with Crippen LogP contribution in [0.15, 0.2) is 42.7 Å². The van der Waals surface area contributed by atoms with Gasteiger partial charge in [-0.1, -0.05) is 0 Å². The van der Waals surface area contributed by atoms with E-state index in [0.717, 1.165) is 31.4 Å². The van der Waals surface area contributed by atoms with Gasteiger partial charge in [0, 0.05) is 43.4 Å². The number of aromatic nitrogens is 1. The average molecular weight is 383 g/mol. The number of fused-ring (bicyclic) bond motifs is 2. The first kappa shape index (κ1) is 18.4. The number of ether oxygens (including phenoxy) is 3. The number of anilines is 1. The Morgan fingerprint density at radius 1 is 1.04 bits per heavy atom. The van der Waals surface area contributed by atoms with E-state index in [1.54, 1.807) is 38.7 Å². The maximum atomic E-state index is 13.0. The minimum atomic E-state index is -0.0849. The molecular weight excluding hydrogens is 358 g/mol. The zero-order valence-corrected chi connectivity index (χ0v) is 16.1. The first-order valence-electron chi connectivity index (χ1n) is 9.56. The molecule has 28 heavy (non-hydrogen) atoms. The van der Waals surface area contributed by atoms with Gasteiger partial charge < -0.3 is 24.4 Å². The fourth-order valence-electron chi connectivity index (χ4n) is 4.25. The van der Waals surface area contributed by atoms with Crippen molar-refractivity contribution in [1.82, 2.24) is 9.88 Å². The molecule has 4 rings (SSSR count). The van der Waals surface area contributed by atoms with Crippen molar-refractivity contribution >= 4 is 11.7 Å². The Hall–Kier alpha value is -2.96. The largest absolute Gasteiger partial charge is 0.497 e. The first-order chi connectivity index (χ1) is 13.7. The van der Waals surface area contributed by atoms with Crippen molar-refractivity contribution in [2.24, 2.45) is 0 Å². The fourth-order valence-corrected chi connectivity index (χ4v) is 4.25. The summed E-state index contributed by atoms with van der Waals surface area (Å²) in [6.07, 6.45) is 7.28. The number of nitrogens with one attached hydrogen (secondary N) is 1. The molecule has 0 spiro atoms. The second-order valence-electron chi connectivity index (χ2n) is 7.18. The summed E-state index contributed by atoms with van der Waals surface area (Å²) in [5, 5.41) is 3.01. The number of hydrogen-bond donors (Lipinski definition) is 1. The molecule has 2 saturated heterocycles. The van der Waals surface area contributed by atoms with Gasteiger partial charge in [-0.05, 0) is 37.1 Å². The van der Waals surface area contributed by atoms with E-state index < -0.39 is 0 Å². The van der Waals surface area contributed by atoms with E-state index in [4.69, 9.17) is 14.2 Å². The van der Waals surface area contributed by atoms with E-state index in [1.165, 1.54) is 0 Å². The molecule has 2 fully saturated rings. The number of pyridine rings is 1. The highest BCUT2D eigenvalue weighted by Crippen LogP contribution is 2.38. The normalized spacial score (nSPS) is 23.2. The van der Waals surface area contributed by atoms with E-state index in [9.17, 15) is 4.79 Å². The number of carbonyl (C=O) groups is 1. The maximum Gasteiger partial charge on any atom is 0.322 e. The molecule has 2 aromatic rings. The van der Waals surface area contributed by atoms with E-state index in [2.05, 4.69) is 10.3 Å². The average Bonchev–Trinajstić information content (AvgIpc) is 3.00. The molecule has 148 valence electrons. The van der Waals surface area contributed by atoms with Crippen LogP contribution in [0.3, 0.4) is 0 Å². The van der Waals surface area contributed by atoms with Crippen molar-refractivity contribution in [3.8, 4) is 17.2 Å². The summed E-state index contributed by atoms with van der Waals surface area (Å²) in [5.41, 5.74) is 0.642. The quantitative estimate of drug-likeness (QED) is 0.852. The summed E-state index contributed by atoms with van der Waals surface area (Å²) in [6.45, 7) is 0. The predicted molar refractivity (Wildman–Crippen MR) is 105 cm³/mol. The Balaban J connectivity index is 1.42. The van der Waals surface area contributed by atoms with Crippen LogP contribution in [-0.4, -0.2) is 48.3 Å². The smallest absolute Gasteiger partial charge is 0.322 e. The standard InChI is InChI=1S/C21H25N3O4/c1-26-17-5-6-19(20(13-17)27-2)23-21(25)24-14-3-4-15(24)12-18(11-14)28-16-7-9-22-10-8-16/h5-10,13-15,18H,3-4,11-12H2,1-2H3,(H,23,25). The van der Waals surface area contributed by atoms with Crippen LogP contribution in [0.2, 0.25) is 0 Å². The van der Waals surface area contributed by atoms with E-state index in [-0.39, 0.29) is 24.2 Å². The molecule has 1 aromatic carbocycles. The van der Waals surface area contributed by atoms with Crippen molar-refractivity contribution in [2.45, 2.75) is 43.9 Å². The van der Waals surface area contributed by atoms with Crippen molar-refractivity contribution in [3.05, 3.63) is 42.7 Å². The lowest BCUT2D eigenvalue weighted by Crippen LogP contribution is -2.50. The van der Waals surface area contributed by atoms with Gasteiger partial charge in [-0.25, -0.2) is 4.79 Å². The topological polar surface area (TPSA) is 72.9 Å². The number of methoxy groups -OCH3 is 2. The van der Waals surface area contributed by atoms with Gasteiger partial charge in [0.2, 0.25) is 0 Å². The van der Waals surface area contributed by atoms with Crippen molar-refractivity contribution in [3.63, 3.8) is 0 Å². The maximum absolute atomic E-state index is 13.0. The highest BCUT2D eigenvalue weighted by Gasteiger charge is 2.44. The Labute approximate surface area is 164 Å². The molecule has 1 aromatic heterocycles. The van der Waals surface area contributed by atoms with Crippen molar-refractivity contribution in [1.29, 1.82) is 0 Å². The van der Waals surface area contributed by atoms with Crippen LogP contribution in [-0.2, 0) is 0 Å². The fraction of sp³-hybridized carbons (Fsp3) is 0.429. The molecule has 2 bridgehead atoms. The van der Waals surface area contributed by atoms with Crippen LogP contribution in [0.4, 0.5) is 10.5 Å². The molecule has 3 heterocycles. The summed E-state index contributed by atoms with van der Waals surface area (Å²) < 4.78 is 16.7. The molecule has 0 aliphatic carbocycles. The van der Waals surface area contributed by atoms with Crippen LogP contribution < -0.4 is 19.5 Å². The molecule has 7 heteroatoms. The van der Waals surface area contributed by atoms with E-state index in [0.29, 0.717) is 17.2 Å². The molecule has 2 aliphatic rings. The lowest BCUT2D eigenvalue weighted by atomic mass is 10.00. The molecule has 2 unspecified atom stereocenters. The molecule has 2 atom stereocenters. The van der Waals surface area contributed by atoms with E-state index >= 15 is 0 Å². The Morgan fingerprint density at radius 2 is 1.75 bits per heavy atom. The summed E-state index contributed by atoms with van der Waals surface area (Å²) in [7, 11) is 3.18. The number of rotatable bonds is 5. The second-order valence-corrected chi connectivity index (χ2v) is 7.18. The number of benzene rings is 1. The predicted octanol–water partition coefficient (Wildman–Crippen LogP) is 3.71. The molecule has 7 nitrogen and oxygen atoms in total. The summed E-state index contributed by atoms with van der Waals surface area (Å²) in [5.74, 6) is 2.10. The van der Waals surface area contributed by atoms with Crippen LogP contribution in [0.1, 0.15) is 25.7 Å². The SMILES string of the molecule is COc1ccc(NC(=O)N2C3CCC2CC(Oc2ccncc2)C3)c(OC)c1. The van der Waals surface area contributed by atoms with Gasteiger partial charge in [-0.3, -0.25) is 4.98 Å². The molecule has 1 N–H and O–H groups in total. The third kappa shape index (κ3) is 3.69. The molecular formula is C21H25N3O4. The summed E-state index contributed by atoms with van der Waals surface area (Å²) in [6, 6.07) is 9.41. The van der Waals surface area contributed by atoms with E-state index in [1.807, 2.05) is 23.1 Å². The van der Waals surface area contributed by atoms with Gasteiger partial charge in [-0.15, -0.1) is 0 Å². The van der Waals surface area contributed by atoms with Crippen molar-refractivity contribution in [2.75, 3.05) is 19.5 Å². The van der Waals surface area contributed by atoms with Crippen LogP contribution in [0.25, 0.3) is 0 Å². The molecule has 0 saturated carbocycles. The number of nitrogens with zero attached hydrogens (tertiary/aromatic N) is 2. The highest BCUT2D eigenvalue weighted by molar-refractivity contribution is 5.91. The zero-order chi connectivity index (χ0) is 19.5. The third-order valence-corrected chi connectivity index (χ3v) is 5.53. The molecule has 0 radical (unpaired) electrons. The Kier molecular flexibility index (Phi) is 5.23. The minimum absolute atomic E-state index is 0.0849. The van der Waals surface area contributed by atoms with Crippen molar-refractivity contribution < 1.29 is 19.0 Å². The number of piperidine rings is 1. The molecule has 2 amide bonds. The van der Waals surface area contributed by atoms with Gasteiger partial charge >= 0.3 is 6.03 Å². The lowest BCUT2D eigenvalue weighted by Gasteiger charge is -2.38. The lowest BCUT2D eigenvalue weighted by molar-refractivity contribution is 0.0732. The van der Waals surface area contributed by atoms with Gasteiger partial charge in [0.25, 0.3) is 0 Å². The zero-order valence-electron chi connectivity index (χ0n) is 16.1. The highest BCUT2D eigenvalue weighted by atomic mass is 16.5. The number of hydrogen-bond acceptors (Lipinski definition) is 5. The van der Waals surface area contributed by atoms with Gasteiger partial charge in [0.05, 0.1) is 19.9 Å². The Morgan fingerprint density at radius 3 is 2.39 bits per heavy atom. The van der Waals surface area contributed by atoms with Crippen LogP contribution >= 0.6 is 0 Å². The second kappa shape index (κ2) is 7.96. The van der Waals surface area contributed by atoms with Gasteiger partial charge in [0.1, 0.15) is 23.4 Å². The number of urea groups is 1. The van der Waals surface area contributed by atoms with Crippen LogP contribution in [0, 0.1) is 0 Å². The summed E-state index contributed by atoms with van der Waals surface area (Å²) in [4.78, 5) is 19.0. The monoisotopic (exact) mass is 383 g/mol. The van der Waals surface area contributed by atoms with Gasteiger partial charge in [0.15, 0.2) is 0 Å². The minimum Gasteiger partial charge on any atom is -0.497 e. The number of amides is 2. The summed E-state index contributed by atoms with van der Waals surface area (Å²) >= 11 is 0.